The van der Waals surface area contributed by atoms with Gasteiger partial charge in [-0.05, 0) is 63.8 Å². The van der Waals surface area contributed by atoms with Gasteiger partial charge in [-0.25, -0.2) is 8.42 Å². The van der Waals surface area contributed by atoms with Gasteiger partial charge in [0.2, 0.25) is 10.0 Å². The topological polar surface area (TPSA) is 63.4 Å². The molecule has 0 aromatic heterocycles. The first kappa shape index (κ1) is 17.9. The van der Waals surface area contributed by atoms with Crippen LogP contribution in [-0.4, -0.2) is 25.3 Å². The number of sulfonamides is 1. The monoisotopic (exact) mass is 426 g/mol. The number of hydrogen-bond donors (Lipinski definition) is 1. The second kappa shape index (κ2) is 6.77. The smallest absolute Gasteiger partial charge is 0.245 e. The summed E-state index contributed by atoms with van der Waals surface area (Å²) in [6.07, 6.45) is 0. The van der Waals surface area contributed by atoms with E-state index in [0.29, 0.717) is 21.2 Å². The van der Waals surface area contributed by atoms with E-state index in [4.69, 9.17) is 5.73 Å². The second-order valence-electron chi connectivity index (χ2n) is 5.38. The van der Waals surface area contributed by atoms with Gasteiger partial charge in [0.1, 0.15) is 4.90 Å². The predicted molar refractivity (Wildman–Crippen MR) is 90.1 cm³/mol. The molecule has 0 saturated carbocycles. The van der Waals surface area contributed by atoms with Gasteiger partial charge in [0.25, 0.3) is 0 Å². The van der Waals surface area contributed by atoms with Crippen LogP contribution in [0.15, 0.2) is 26.0 Å². The summed E-state index contributed by atoms with van der Waals surface area (Å²) in [6.45, 7) is 8.22. The molecule has 0 aliphatic rings. The summed E-state index contributed by atoms with van der Waals surface area (Å²) in [5, 5.41) is 0. The quantitative estimate of drug-likeness (QED) is 0.725. The van der Waals surface area contributed by atoms with Crippen molar-refractivity contribution in [1.82, 2.24) is 4.31 Å². The molecule has 0 heterocycles. The Morgan fingerprint density at radius 3 is 1.95 bits per heavy atom. The summed E-state index contributed by atoms with van der Waals surface area (Å²) in [5.41, 5.74) is 6.22. The van der Waals surface area contributed by atoms with Gasteiger partial charge in [0.05, 0.1) is 0 Å². The van der Waals surface area contributed by atoms with Gasteiger partial charge >= 0.3 is 0 Å². The van der Waals surface area contributed by atoms with E-state index >= 15 is 0 Å². The highest BCUT2D eigenvalue weighted by atomic mass is 79.9. The van der Waals surface area contributed by atoms with Gasteiger partial charge in [-0.1, -0.05) is 13.8 Å². The Morgan fingerprint density at radius 2 is 1.60 bits per heavy atom. The van der Waals surface area contributed by atoms with Gasteiger partial charge in [-0.2, -0.15) is 4.31 Å². The molecule has 0 unspecified atom stereocenters. The van der Waals surface area contributed by atoms with E-state index in [1.165, 1.54) is 4.31 Å². The summed E-state index contributed by atoms with van der Waals surface area (Å²) in [7, 11) is -3.59. The van der Waals surface area contributed by atoms with E-state index in [1.807, 2.05) is 27.7 Å². The number of nitrogens with two attached hydrogens (primary N) is 1. The molecule has 1 rings (SSSR count). The third kappa shape index (κ3) is 3.96. The number of hydrogen-bond acceptors (Lipinski definition) is 3. The second-order valence-corrected chi connectivity index (χ2v) is 8.91. The van der Waals surface area contributed by atoms with E-state index in [9.17, 15) is 8.42 Å². The van der Waals surface area contributed by atoms with Crippen molar-refractivity contribution in [3.63, 3.8) is 0 Å². The molecule has 0 aliphatic heterocycles. The van der Waals surface area contributed by atoms with E-state index in [-0.39, 0.29) is 16.9 Å². The van der Waals surface area contributed by atoms with Crippen LogP contribution in [0.3, 0.4) is 0 Å². The van der Waals surface area contributed by atoms with Gasteiger partial charge in [-0.3, -0.25) is 0 Å². The molecule has 114 valence electrons. The van der Waals surface area contributed by atoms with Crippen LogP contribution in [-0.2, 0) is 10.0 Å². The van der Waals surface area contributed by atoms with Crippen LogP contribution in [0.5, 0.6) is 0 Å². The minimum absolute atomic E-state index is 0.112. The maximum atomic E-state index is 12.9. The number of benzene rings is 1. The SMILES string of the molecule is CC(C)CN(C(C)C)S(=O)(=O)c1c(Br)cc(N)cc1Br. The zero-order valence-corrected chi connectivity index (χ0v) is 16.0. The van der Waals surface area contributed by atoms with Crippen molar-refractivity contribution >= 4 is 47.6 Å². The van der Waals surface area contributed by atoms with Crippen LogP contribution in [0.25, 0.3) is 0 Å². The van der Waals surface area contributed by atoms with Crippen molar-refractivity contribution < 1.29 is 8.42 Å². The van der Waals surface area contributed by atoms with Gasteiger partial charge in [0, 0.05) is 27.2 Å². The highest BCUT2D eigenvalue weighted by Crippen LogP contribution is 2.35. The summed E-state index contributed by atoms with van der Waals surface area (Å²) < 4.78 is 28.2. The van der Waals surface area contributed by atoms with Crippen molar-refractivity contribution in [2.24, 2.45) is 5.92 Å². The Morgan fingerprint density at radius 1 is 1.15 bits per heavy atom. The van der Waals surface area contributed by atoms with Crippen molar-refractivity contribution in [2.75, 3.05) is 12.3 Å². The summed E-state index contributed by atoms with van der Waals surface area (Å²) in [4.78, 5) is 0.223. The third-order valence-corrected chi connectivity index (χ3v) is 6.63. The Kier molecular flexibility index (Phi) is 6.07. The standard InChI is InChI=1S/C13H20Br2N2O2S/c1-8(2)7-17(9(3)4)20(18,19)13-11(14)5-10(16)6-12(13)15/h5-6,8-9H,7,16H2,1-4H3. The van der Waals surface area contributed by atoms with Crippen molar-refractivity contribution in [2.45, 2.75) is 38.6 Å². The Bertz CT molecular complexity index is 563. The van der Waals surface area contributed by atoms with Gasteiger partial charge in [-0.15, -0.1) is 0 Å². The summed E-state index contributed by atoms with van der Waals surface area (Å²) in [5.74, 6) is 0.249. The number of anilines is 1. The highest BCUT2D eigenvalue weighted by Gasteiger charge is 2.31. The van der Waals surface area contributed by atoms with Crippen molar-refractivity contribution in [3.8, 4) is 0 Å². The molecule has 4 nitrogen and oxygen atoms in total. The van der Waals surface area contributed by atoms with E-state index in [1.54, 1.807) is 12.1 Å². The average Bonchev–Trinajstić information content (AvgIpc) is 2.22. The predicted octanol–water partition coefficient (Wildman–Crippen LogP) is 3.85. The zero-order chi connectivity index (χ0) is 15.7. The lowest BCUT2D eigenvalue weighted by atomic mass is 10.2. The molecule has 0 amide bonds. The summed E-state index contributed by atoms with van der Waals surface area (Å²) >= 11 is 6.60. The molecule has 0 aliphatic carbocycles. The maximum Gasteiger partial charge on any atom is 0.245 e. The lowest BCUT2D eigenvalue weighted by Crippen LogP contribution is -2.39. The van der Waals surface area contributed by atoms with Crippen molar-refractivity contribution in [1.29, 1.82) is 0 Å². The molecular formula is C13H20Br2N2O2S. The lowest BCUT2D eigenvalue weighted by molar-refractivity contribution is 0.318. The molecule has 0 radical (unpaired) electrons. The molecule has 20 heavy (non-hydrogen) atoms. The van der Waals surface area contributed by atoms with Crippen LogP contribution in [0.1, 0.15) is 27.7 Å². The molecule has 1 aromatic rings. The highest BCUT2D eigenvalue weighted by molar-refractivity contribution is 9.11. The Labute approximate surface area is 138 Å². The molecule has 2 N–H and O–H groups in total. The maximum absolute atomic E-state index is 12.9. The molecular weight excluding hydrogens is 408 g/mol. The molecule has 0 bridgehead atoms. The van der Waals surface area contributed by atoms with Crippen LogP contribution in [0.2, 0.25) is 0 Å². The fourth-order valence-corrected chi connectivity index (χ4v) is 6.23. The first-order valence-electron chi connectivity index (χ1n) is 6.33. The first-order valence-corrected chi connectivity index (χ1v) is 9.36. The molecule has 0 atom stereocenters. The van der Waals surface area contributed by atoms with Crippen LogP contribution in [0.4, 0.5) is 5.69 Å². The first-order chi connectivity index (χ1) is 9.07. The normalized spacial score (nSPS) is 12.7. The third-order valence-electron chi connectivity index (χ3n) is 2.71. The molecule has 7 heteroatoms. The number of halogens is 2. The average molecular weight is 428 g/mol. The zero-order valence-electron chi connectivity index (χ0n) is 12.0. The van der Waals surface area contributed by atoms with E-state index < -0.39 is 10.0 Å². The fraction of sp³-hybridized carbons (Fsp3) is 0.538. The fourth-order valence-electron chi connectivity index (χ4n) is 1.89. The number of nitrogen functional groups attached to an aromatic ring is 1. The number of rotatable bonds is 5. The summed E-state index contributed by atoms with van der Waals surface area (Å²) in [6, 6.07) is 3.09. The molecule has 0 saturated heterocycles. The van der Waals surface area contributed by atoms with Crippen LogP contribution >= 0.6 is 31.9 Å². The van der Waals surface area contributed by atoms with Crippen molar-refractivity contribution in [3.05, 3.63) is 21.1 Å². The number of nitrogens with zero attached hydrogens (tertiary/aromatic N) is 1. The largest absolute Gasteiger partial charge is 0.399 e. The minimum Gasteiger partial charge on any atom is -0.399 e. The Hall–Kier alpha value is -0.110. The minimum atomic E-state index is -3.59. The van der Waals surface area contributed by atoms with E-state index in [2.05, 4.69) is 31.9 Å². The molecule has 0 spiro atoms. The molecule has 1 aromatic carbocycles. The van der Waals surface area contributed by atoms with Gasteiger partial charge < -0.3 is 5.73 Å². The van der Waals surface area contributed by atoms with Crippen LogP contribution in [0, 0.1) is 5.92 Å². The lowest BCUT2D eigenvalue weighted by Gasteiger charge is -2.28. The van der Waals surface area contributed by atoms with E-state index in [0.717, 1.165) is 0 Å². The van der Waals surface area contributed by atoms with Gasteiger partial charge in [0.15, 0.2) is 0 Å². The Balaban J connectivity index is 3.41. The molecule has 0 fully saturated rings. The van der Waals surface area contributed by atoms with Crippen LogP contribution < -0.4 is 5.73 Å².